The summed E-state index contributed by atoms with van der Waals surface area (Å²) in [5.74, 6) is 1.68. The predicted molar refractivity (Wildman–Crippen MR) is 125 cm³/mol. The largest absolute Gasteiger partial charge is 0.393 e. The van der Waals surface area contributed by atoms with E-state index in [9.17, 15) is 5.11 Å². The van der Waals surface area contributed by atoms with Crippen LogP contribution in [0.3, 0.4) is 0 Å². The van der Waals surface area contributed by atoms with Crippen LogP contribution in [0.15, 0.2) is 23.3 Å². The maximum atomic E-state index is 9.98. The Kier molecular flexibility index (Phi) is 7.11. The van der Waals surface area contributed by atoms with E-state index >= 15 is 0 Å². The normalized spacial score (nSPS) is 40.1. The number of nitrogens with zero attached hydrogens (tertiary/aromatic N) is 1. The quantitative estimate of drug-likeness (QED) is 0.608. The number of morpholine rings is 1. The Morgan fingerprint density at radius 1 is 1.10 bits per heavy atom. The maximum Gasteiger partial charge on any atom is 0.0645 e. The smallest absolute Gasteiger partial charge is 0.0645 e. The molecule has 3 aliphatic carbocycles. The fourth-order valence-corrected chi connectivity index (χ4v) is 7.10. The van der Waals surface area contributed by atoms with Crippen LogP contribution in [-0.2, 0) is 4.74 Å². The van der Waals surface area contributed by atoms with Crippen molar-refractivity contribution in [3.05, 3.63) is 23.3 Å². The van der Waals surface area contributed by atoms with Crippen LogP contribution in [0.25, 0.3) is 0 Å². The van der Waals surface area contributed by atoms with Crippen molar-refractivity contribution in [1.29, 1.82) is 0 Å². The number of fused-ring (bicyclic) bond motifs is 1. The van der Waals surface area contributed by atoms with Gasteiger partial charge in [-0.25, -0.2) is 0 Å². The zero-order valence-electron chi connectivity index (χ0n) is 19.8. The molecule has 3 saturated carbocycles. The summed E-state index contributed by atoms with van der Waals surface area (Å²) in [5.41, 5.74) is 3.89. The van der Waals surface area contributed by atoms with Gasteiger partial charge in [0, 0.05) is 12.1 Å². The number of ether oxygens (including phenoxy) is 1. The van der Waals surface area contributed by atoms with Crippen LogP contribution in [0.2, 0.25) is 0 Å². The molecule has 0 radical (unpaired) electrons. The molecule has 30 heavy (non-hydrogen) atoms. The Bertz CT molecular complexity index is 651. The average molecular weight is 416 g/mol. The molecule has 4 aliphatic rings. The fourth-order valence-electron chi connectivity index (χ4n) is 7.10. The monoisotopic (exact) mass is 415 g/mol. The minimum atomic E-state index is -0.104. The molecule has 3 nitrogen and oxygen atoms in total. The molecule has 1 saturated heterocycles. The zero-order valence-corrected chi connectivity index (χ0v) is 19.8. The van der Waals surface area contributed by atoms with E-state index in [1.807, 2.05) is 0 Å². The van der Waals surface area contributed by atoms with Crippen molar-refractivity contribution in [3.63, 3.8) is 0 Å². The first kappa shape index (κ1) is 22.6. The summed E-state index contributed by atoms with van der Waals surface area (Å²) < 4.78 is 5.70. The highest BCUT2D eigenvalue weighted by molar-refractivity contribution is 5.25. The molecule has 4 rings (SSSR count). The third-order valence-corrected chi connectivity index (χ3v) is 9.02. The highest BCUT2D eigenvalue weighted by atomic mass is 16.5. The summed E-state index contributed by atoms with van der Waals surface area (Å²) in [6, 6.07) is 0. The van der Waals surface area contributed by atoms with E-state index in [0.29, 0.717) is 5.41 Å². The van der Waals surface area contributed by atoms with Crippen molar-refractivity contribution in [2.45, 2.75) is 103 Å². The van der Waals surface area contributed by atoms with Crippen LogP contribution < -0.4 is 0 Å². The lowest BCUT2D eigenvalue weighted by atomic mass is 9.62. The van der Waals surface area contributed by atoms with Gasteiger partial charge in [0.2, 0.25) is 0 Å². The third kappa shape index (κ3) is 4.89. The van der Waals surface area contributed by atoms with E-state index in [1.165, 1.54) is 63.5 Å². The molecule has 0 aromatic rings. The average Bonchev–Trinajstić information content (AvgIpc) is 3.04. The fraction of sp³-hybridized carbons (Fsp3) is 0.852. The van der Waals surface area contributed by atoms with Crippen molar-refractivity contribution in [2.24, 2.45) is 17.3 Å². The number of allylic oxidation sites excluding steroid dienone is 3. The number of hydrogen-bond donors (Lipinski definition) is 1. The summed E-state index contributed by atoms with van der Waals surface area (Å²) in [5, 5.41) is 9.98. The first-order chi connectivity index (χ1) is 14.4. The van der Waals surface area contributed by atoms with E-state index in [0.717, 1.165) is 50.9 Å². The summed E-state index contributed by atoms with van der Waals surface area (Å²) >= 11 is 0. The Labute approximate surface area is 184 Å². The molecule has 1 heterocycles. The standard InChI is InChI=1S/C27H45NO2/c1-26(2)20-30-18-17-28(26)16-6-9-23-13-14-25-22(8-5-15-27(23,25)3)12-11-21-7-4-10-24(29)19-21/h11-12,23-25,29H,4-10,13-20H2,1-3H3/b21-11-,22-12+. The van der Waals surface area contributed by atoms with Crippen LogP contribution in [0, 0.1) is 17.3 Å². The van der Waals surface area contributed by atoms with E-state index in [4.69, 9.17) is 4.74 Å². The molecule has 4 fully saturated rings. The van der Waals surface area contributed by atoms with Crippen molar-refractivity contribution >= 4 is 0 Å². The molecule has 1 aliphatic heterocycles. The van der Waals surface area contributed by atoms with Gasteiger partial charge in [-0.3, -0.25) is 4.90 Å². The van der Waals surface area contributed by atoms with Gasteiger partial charge in [-0.05, 0) is 108 Å². The summed E-state index contributed by atoms with van der Waals surface area (Å²) in [6.45, 7) is 11.4. The molecule has 3 heteroatoms. The summed E-state index contributed by atoms with van der Waals surface area (Å²) in [4.78, 5) is 2.66. The molecule has 4 unspecified atom stereocenters. The lowest BCUT2D eigenvalue weighted by molar-refractivity contribution is -0.0522. The molecule has 0 aromatic carbocycles. The summed E-state index contributed by atoms with van der Waals surface area (Å²) in [6.07, 6.45) is 18.6. The summed E-state index contributed by atoms with van der Waals surface area (Å²) in [7, 11) is 0. The minimum absolute atomic E-state index is 0.104. The molecule has 0 spiro atoms. The van der Waals surface area contributed by atoms with Crippen molar-refractivity contribution in [2.75, 3.05) is 26.3 Å². The van der Waals surface area contributed by atoms with E-state index < -0.39 is 0 Å². The van der Waals surface area contributed by atoms with Crippen LogP contribution >= 0.6 is 0 Å². The Morgan fingerprint density at radius 3 is 2.77 bits per heavy atom. The molecular weight excluding hydrogens is 370 g/mol. The second kappa shape index (κ2) is 9.46. The van der Waals surface area contributed by atoms with Crippen LogP contribution in [-0.4, -0.2) is 48.0 Å². The molecule has 1 N–H and O–H groups in total. The van der Waals surface area contributed by atoms with Gasteiger partial charge in [0.15, 0.2) is 0 Å². The highest BCUT2D eigenvalue weighted by Gasteiger charge is 2.48. The lowest BCUT2D eigenvalue weighted by Crippen LogP contribution is -2.53. The van der Waals surface area contributed by atoms with Gasteiger partial charge in [-0.2, -0.15) is 0 Å². The molecule has 4 atom stereocenters. The number of hydrogen-bond acceptors (Lipinski definition) is 3. The van der Waals surface area contributed by atoms with Crippen molar-refractivity contribution in [1.82, 2.24) is 4.90 Å². The van der Waals surface area contributed by atoms with Gasteiger partial charge >= 0.3 is 0 Å². The van der Waals surface area contributed by atoms with Crippen LogP contribution in [0.5, 0.6) is 0 Å². The highest BCUT2D eigenvalue weighted by Crippen LogP contribution is 2.58. The molecular formula is C27H45NO2. The molecule has 170 valence electrons. The molecule has 0 aromatic heterocycles. The van der Waals surface area contributed by atoms with E-state index in [1.54, 1.807) is 5.57 Å². The molecule has 0 amide bonds. The van der Waals surface area contributed by atoms with Gasteiger partial charge in [0.1, 0.15) is 0 Å². The second-order valence-electron chi connectivity index (χ2n) is 11.5. The lowest BCUT2D eigenvalue weighted by Gasteiger charge is -2.44. The van der Waals surface area contributed by atoms with Crippen LogP contribution in [0.1, 0.15) is 91.4 Å². The topological polar surface area (TPSA) is 32.7 Å². The maximum absolute atomic E-state index is 9.98. The second-order valence-corrected chi connectivity index (χ2v) is 11.5. The zero-order chi connectivity index (χ0) is 21.2. The SMILES string of the molecule is CC12CCC/C(=C\C=C3\CCCC(O)C3)C1CCC2CCCN1CCOCC1(C)C. The van der Waals surface area contributed by atoms with Gasteiger partial charge in [-0.15, -0.1) is 0 Å². The number of rotatable bonds is 5. The minimum Gasteiger partial charge on any atom is -0.393 e. The van der Waals surface area contributed by atoms with Crippen LogP contribution in [0.4, 0.5) is 0 Å². The van der Waals surface area contributed by atoms with Crippen molar-refractivity contribution in [3.8, 4) is 0 Å². The Balaban J connectivity index is 1.35. The Hall–Kier alpha value is -0.640. The number of aliphatic hydroxyl groups excluding tert-OH is 1. The third-order valence-electron chi connectivity index (χ3n) is 9.02. The van der Waals surface area contributed by atoms with Gasteiger partial charge in [-0.1, -0.05) is 30.2 Å². The first-order valence-electron chi connectivity index (χ1n) is 12.8. The first-order valence-corrected chi connectivity index (χ1v) is 12.8. The van der Waals surface area contributed by atoms with Gasteiger partial charge in [0.05, 0.1) is 19.3 Å². The predicted octanol–water partition coefficient (Wildman–Crippen LogP) is 5.88. The van der Waals surface area contributed by atoms with E-state index in [2.05, 4.69) is 37.8 Å². The van der Waals surface area contributed by atoms with Gasteiger partial charge in [0.25, 0.3) is 0 Å². The van der Waals surface area contributed by atoms with Crippen molar-refractivity contribution < 1.29 is 9.84 Å². The molecule has 0 bridgehead atoms. The van der Waals surface area contributed by atoms with E-state index in [-0.39, 0.29) is 11.6 Å². The van der Waals surface area contributed by atoms with Gasteiger partial charge < -0.3 is 9.84 Å². The number of aliphatic hydroxyl groups is 1. The Morgan fingerprint density at radius 2 is 1.97 bits per heavy atom.